The van der Waals surface area contributed by atoms with E-state index in [0.29, 0.717) is 9.53 Å². The van der Waals surface area contributed by atoms with Gasteiger partial charge in [-0.3, -0.25) is 0 Å². The fourth-order valence-electron chi connectivity index (χ4n) is 4.26. The van der Waals surface area contributed by atoms with Crippen molar-refractivity contribution in [1.82, 2.24) is 3.26 Å². The summed E-state index contributed by atoms with van der Waals surface area (Å²) in [4.78, 5) is 13.1. The van der Waals surface area contributed by atoms with Crippen molar-refractivity contribution in [3.8, 4) is 11.1 Å². The summed E-state index contributed by atoms with van der Waals surface area (Å²) in [6.45, 7) is 9.27. The zero-order chi connectivity index (χ0) is 19.4. The average Bonchev–Trinajstić information content (AvgIpc) is 3.01. The van der Waals surface area contributed by atoms with Crippen molar-refractivity contribution >= 4 is 11.8 Å². The van der Waals surface area contributed by atoms with E-state index in [9.17, 15) is 4.79 Å². The Hall–Kier alpha value is -0.410. The van der Waals surface area contributed by atoms with Gasteiger partial charge >= 0.3 is 174 Å². The Morgan fingerprint density at radius 1 is 1.00 bits per heavy atom. The molecule has 0 saturated heterocycles. The minimum Gasteiger partial charge on any atom is -1.00 e. The zero-order valence-corrected chi connectivity index (χ0v) is 23.0. The van der Waals surface area contributed by atoms with E-state index in [0.717, 1.165) is 25.7 Å². The van der Waals surface area contributed by atoms with Gasteiger partial charge in [0.15, 0.2) is 0 Å². The van der Waals surface area contributed by atoms with E-state index >= 15 is 0 Å². The number of fused-ring (bicyclic) bond motifs is 3. The maximum Gasteiger partial charge on any atom is -1.00 e. The molecule has 0 aromatic heterocycles. The minimum absolute atomic E-state index is 0. The third-order valence-corrected chi connectivity index (χ3v) is 23.4. The van der Waals surface area contributed by atoms with Crippen molar-refractivity contribution < 1.29 is 50.8 Å². The second kappa shape index (κ2) is 12.4. The second-order valence-electron chi connectivity index (χ2n) is 7.95. The smallest absolute Gasteiger partial charge is 1.00 e. The van der Waals surface area contributed by atoms with E-state index in [-0.39, 0.29) is 30.7 Å². The van der Waals surface area contributed by atoms with Crippen molar-refractivity contribution in [2.24, 2.45) is 5.92 Å². The van der Waals surface area contributed by atoms with Gasteiger partial charge in [0.2, 0.25) is 0 Å². The molecule has 2 aromatic carbocycles. The molecule has 2 nitrogen and oxygen atoms in total. The molecule has 1 atom stereocenters. The number of hydrogen-bond donors (Lipinski definition) is 1. The molecule has 0 saturated carbocycles. The van der Waals surface area contributed by atoms with Gasteiger partial charge in [0.1, 0.15) is 0 Å². The summed E-state index contributed by atoms with van der Waals surface area (Å²) >= 11 is -2.17. The van der Waals surface area contributed by atoms with Crippen LogP contribution in [0.1, 0.15) is 54.3 Å². The van der Waals surface area contributed by atoms with Crippen molar-refractivity contribution in [1.29, 1.82) is 0 Å². The molecule has 0 heterocycles. The number of halogens is 2. The summed E-state index contributed by atoms with van der Waals surface area (Å²) in [7, 11) is 0. The number of hydrogen-bond acceptors (Lipinski definition) is 1. The third kappa shape index (κ3) is 5.85. The number of carbonyl (C=O) groups is 1. The van der Waals surface area contributed by atoms with Crippen molar-refractivity contribution in [3.63, 3.8) is 0 Å². The first kappa shape index (κ1) is 26.6. The first-order valence-electron chi connectivity index (χ1n) is 10.4. The van der Waals surface area contributed by atoms with Gasteiger partial charge in [0.05, 0.1) is 0 Å². The molecule has 1 aliphatic rings. The van der Waals surface area contributed by atoms with Crippen LogP contribution in [0.4, 0.5) is 0 Å². The largest absolute Gasteiger partial charge is 1.00 e. The number of unbranched alkanes of at least 4 members (excludes halogenated alkanes) is 1. The molecule has 157 valence electrons. The number of rotatable bonds is 8. The molecule has 0 aliphatic heterocycles. The molecule has 0 spiro atoms. The van der Waals surface area contributed by atoms with Gasteiger partial charge in [-0.25, -0.2) is 0 Å². The third-order valence-electron chi connectivity index (χ3n) is 5.80. The van der Waals surface area contributed by atoms with Gasteiger partial charge < -0.3 is 24.8 Å². The molecule has 29 heavy (non-hydrogen) atoms. The first-order chi connectivity index (χ1) is 13.1. The summed E-state index contributed by atoms with van der Waals surface area (Å²) in [5.74, 6) is -0.382. The van der Waals surface area contributed by atoms with E-state index in [2.05, 4.69) is 78.7 Å². The van der Waals surface area contributed by atoms with Crippen molar-refractivity contribution in [2.75, 3.05) is 0 Å². The van der Waals surface area contributed by atoms with Gasteiger partial charge in [0.25, 0.3) is 0 Å². The van der Waals surface area contributed by atoms with Crippen LogP contribution in [0.2, 0.25) is 13.1 Å². The number of benzene rings is 2. The monoisotopic (exact) mass is 526 g/mol. The van der Waals surface area contributed by atoms with E-state index in [1.54, 1.807) is 0 Å². The number of nitrogens with one attached hydrogen (secondary N) is 1. The standard InChI is InChI=1S/C13H9.C8H17NO.C2H7Si.2ClH.Zr/c1-3-7-12-10(5-1)9-11-6-2-4-8-13(11)12;1-3-5-6-7(4-2)8(9)10;1-3-2;;;/h1-9H;7H,3-6H2,1-2H3,(H2,9,10);3H,1-2H3;2*1H;/q;;;;;+3/p-3. The SMILES string of the molecule is CCCCC(CC)C(=O)[NH][Zr+2]([CH]1c2ccccc2-c2ccccc21)[SiH](C)C.[Cl-].[Cl-]. The van der Waals surface area contributed by atoms with Crippen LogP contribution in [-0.2, 0) is 26.0 Å². The normalized spacial score (nSPS) is 13.0. The minimum atomic E-state index is -2.17. The predicted molar refractivity (Wildman–Crippen MR) is 114 cm³/mol. The van der Waals surface area contributed by atoms with Crippen LogP contribution in [0.3, 0.4) is 0 Å². The fourth-order valence-corrected chi connectivity index (χ4v) is 19.7. The topological polar surface area (TPSA) is 29.1 Å². The van der Waals surface area contributed by atoms with Crippen LogP contribution in [0.15, 0.2) is 48.5 Å². The van der Waals surface area contributed by atoms with Gasteiger partial charge in [-0.2, -0.15) is 0 Å². The quantitative estimate of drug-likeness (QED) is 0.465. The van der Waals surface area contributed by atoms with Gasteiger partial charge in [-0.05, 0) is 0 Å². The van der Waals surface area contributed by atoms with Crippen molar-refractivity contribution in [3.05, 3.63) is 59.7 Å². The van der Waals surface area contributed by atoms with Gasteiger partial charge in [-0.1, -0.05) is 0 Å². The summed E-state index contributed by atoms with van der Waals surface area (Å²) < 4.78 is 4.20. The van der Waals surface area contributed by atoms with Gasteiger partial charge in [-0.15, -0.1) is 0 Å². The first-order valence-corrected chi connectivity index (χ1v) is 20.2. The molecule has 0 fully saturated rings. The second-order valence-corrected chi connectivity index (χ2v) is 26.7. The Labute approximate surface area is 197 Å². The summed E-state index contributed by atoms with van der Waals surface area (Å²) in [6, 6.07) is 17.7. The molecule has 2 aromatic rings. The molecule has 0 bridgehead atoms. The Kier molecular flexibility index (Phi) is 11.4. The Bertz CT molecular complexity index is 756. The summed E-state index contributed by atoms with van der Waals surface area (Å²) in [6.07, 6.45) is 4.31. The van der Waals surface area contributed by atoms with Crippen LogP contribution < -0.4 is 28.1 Å². The molecule has 3 rings (SSSR count). The van der Waals surface area contributed by atoms with Crippen LogP contribution in [0, 0.1) is 5.92 Å². The maximum atomic E-state index is 13.1. The molecule has 6 heteroatoms. The summed E-state index contributed by atoms with van der Waals surface area (Å²) in [5.41, 5.74) is 5.71. The Morgan fingerprint density at radius 2 is 1.52 bits per heavy atom. The Balaban J connectivity index is 0.00000210. The molecular weight excluding hydrogens is 496 g/mol. The molecular formula is C23H32Cl2NOSiZr. The maximum absolute atomic E-state index is 13.1. The predicted octanol–water partition coefficient (Wildman–Crippen LogP) is -0.386. The average molecular weight is 529 g/mol. The van der Waals surface area contributed by atoms with Crippen LogP contribution in [0.25, 0.3) is 11.1 Å². The Morgan fingerprint density at radius 3 is 1.97 bits per heavy atom. The van der Waals surface area contributed by atoms with E-state index in [4.69, 9.17) is 0 Å². The van der Waals surface area contributed by atoms with Crippen LogP contribution in [-0.4, -0.2) is 11.8 Å². The molecule has 1 aliphatic carbocycles. The number of amides is 1. The fraction of sp³-hybridized carbons (Fsp3) is 0.435. The molecule has 1 unspecified atom stereocenters. The number of carbonyl (C=O) groups excluding carboxylic acids is 1. The van der Waals surface area contributed by atoms with Gasteiger partial charge in [0, 0.05) is 0 Å². The van der Waals surface area contributed by atoms with Crippen LogP contribution in [0.5, 0.6) is 0 Å². The summed E-state index contributed by atoms with van der Waals surface area (Å²) in [5, 5.41) is 0. The van der Waals surface area contributed by atoms with E-state index in [1.807, 2.05) is 0 Å². The van der Waals surface area contributed by atoms with E-state index in [1.165, 1.54) is 22.3 Å². The molecule has 1 N–H and O–H groups in total. The van der Waals surface area contributed by atoms with E-state index < -0.39 is 27.1 Å². The molecule has 1 amide bonds. The van der Waals surface area contributed by atoms with Crippen LogP contribution >= 0.6 is 0 Å². The zero-order valence-electron chi connectivity index (χ0n) is 17.8. The van der Waals surface area contributed by atoms with Crippen molar-refractivity contribution in [2.45, 2.75) is 56.3 Å². The molecule has 0 radical (unpaired) electrons.